The van der Waals surface area contributed by atoms with Crippen molar-refractivity contribution in [3.63, 3.8) is 0 Å². The SMILES string of the molecule is O=C1NC2=C(C(=O)OC2)C(c2ccc3c(c2)OCO3)N1. The third-order valence-corrected chi connectivity index (χ3v) is 3.45. The van der Waals surface area contributed by atoms with E-state index < -0.39 is 12.0 Å². The Morgan fingerprint density at radius 3 is 2.85 bits per heavy atom. The van der Waals surface area contributed by atoms with Crippen molar-refractivity contribution < 1.29 is 23.8 Å². The van der Waals surface area contributed by atoms with E-state index >= 15 is 0 Å². The van der Waals surface area contributed by atoms with Gasteiger partial charge in [-0.25, -0.2) is 9.59 Å². The number of fused-ring (bicyclic) bond motifs is 1. The zero-order valence-electron chi connectivity index (χ0n) is 10.3. The van der Waals surface area contributed by atoms with Gasteiger partial charge in [-0.05, 0) is 17.7 Å². The first-order chi connectivity index (χ1) is 9.72. The number of nitrogens with one attached hydrogen (secondary N) is 2. The maximum Gasteiger partial charge on any atom is 0.338 e. The zero-order valence-corrected chi connectivity index (χ0v) is 10.3. The molecule has 0 bridgehead atoms. The Kier molecular flexibility index (Phi) is 2.17. The molecule has 0 radical (unpaired) electrons. The van der Waals surface area contributed by atoms with Crippen molar-refractivity contribution in [1.82, 2.24) is 10.6 Å². The van der Waals surface area contributed by atoms with Gasteiger partial charge in [-0.3, -0.25) is 0 Å². The van der Waals surface area contributed by atoms with Gasteiger partial charge in [-0.15, -0.1) is 0 Å². The number of amides is 2. The monoisotopic (exact) mass is 274 g/mol. The summed E-state index contributed by atoms with van der Waals surface area (Å²) in [6.45, 7) is 0.274. The fraction of sp³-hybridized carbons (Fsp3) is 0.231. The van der Waals surface area contributed by atoms with Gasteiger partial charge in [0.1, 0.15) is 6.61 Å². The maximum absolute atomic E-state index is 11.8. The van der Waals surface area contributed by atoms with Crippen molar-refractivity contribution >= 4 is 12.0 Å². The molecule has 0 aromatic heterocycles. The fourth-order valence-electron chi connectivity index (χ4n) is 2.53. The standard InChI is InChI=1S/C13H10N2O5/c16-12-10-7(4-18-12)14-13(17)15-11(10)6-1-2-8-9(3-6)20-5-19-8/h1-3,11H,4-5H2,(H2,14,15,17). The van der Waals surface area contributed by atoms with Crippen molar-refractivity contribution in [2.24, 2.45) is 0 Å². The number of esters is 1. The number of ether oxygens (including phenoxy) is 3. The minimum atomic E-state index is -0.539. The molecule has 7 nitrogen and oxygen atoms in total. The number of rotatable bonds is 1. The molecule has 3 aliphatic heterocycles. The molecule has 1 atom stereocenters. The highest BCUT2D eigenvalue weighted by atomic mass is 16.7. The molecule has 20 heavy (non-hydrogen) atoms. The van der Waals surface area contributed by atoms with Crippen molar-refractivity contribution in [3.8, 4) is 11.5 Å². The van der Waals surface area contributed by atoms with E-state index in [1.807, 2.05) is 0 Å². The van der Waals surface area contributed by atoms with Crippen LogP contribution in [0.3, 0.4) is 0 Å². The van der Waals surface area contributed by atoms with E-state index in [1.165, 1.54) is 0 Å². The van der Waals surface area contributed by atoms with E-state index in [9.17, 15) is 9.59 Å². The third kappa shape index (κ3) is 1.52. The third-order valence-electron chi connectivity index (χ3n) is 3.45. The highest BCUT2D eigenvalue weighted by Gasteiger charge is 2.38. The van der Waals surface area contributed by atoms with Gasteiger partial charge in [0.05, 0.1) is 17.3 Å². The first-order valence-corrected chi connectivity index (χ1v) is 6.09. The largest absolute Gasteiger partial charge is 0.456 e. The van der Waals surface area contributed by atoms with E-state index in [4.69, 9.17) is 14.2 Å². The summed E-state index contributed by atoms with van der Waals surface area (Å²) in [5.41, 5.74) is 1.69. The van der Waals surface area contributed by atoms with E-state index in [0.29, 0.717) is 22.8 Å². The Labute approximate surface area is 113 Å². The summed E-state index contributed by atoms with van der Waals surface area (Å²) >= 11 is 0. The number of carbonyl (C=O) groups excluding carboxylic acids is 2. The summed E-state index contributed by atoms with van der Waals surface area (Å²) in [4.78, 5) is 23.5. The van der Waals surface area contributed by atoms with Crippen LogP contribution in [0.25, 0.3) is 0 Å². The van der Waals surface area contributed by atoms with Crippen LogP contribution in [-0.2, 0) is 9.53 Å². The number of hydrogen-bond acceptors (Lipinski definition) is 5. The van der Waals surface area contributed by atoms with Gasteiger partial charge in [-0.1, -0.05) is 6.07 Å². The van der Waals surface area contributed by atoms with Crippen LogP contribution in [0.1, 0.15) is 11.6 Å². The summed E-state index contributed by atoms with van der Waals surface area (Å²) in [5, 5.41) is 5.31. The van der Waals surface area contributed by atoms with E-state index in [-0.39, 0.29) is 19.4 Å². The predicted molar refractivity (Wildman–Crippen MR) is 65.0 cm³/mol. The van der Waals surface area contributed by atoms with Gasteiger partial charge in [0.2, 0.25) is 6.79 Å². The molecular formula is C13H10N2O5. The molecule has 2 N–H and O–H groups in total. The quantitative estimate of drug-likeness (QED) is 0.732. The van der Waals surface area contributed by atoms with Crippen LogP contribution in [0.5, 0.6) is 11.5 Å². The second-order valence-corrected chi connectivity index (χ2v) is 4.61. The first kappa shape index (κ1) is 11.2. The minimum Gasteiger partial charge on any atom is -0.456 e. The molecule has 0 spiro atoms. The molecule has 1 aromatic rings. The number of cyclic esters (lactones) is 1. The highest BCUT2D eigenvalue weighted by Crippen LogP contribution is 2.37. The lowest BCUT2D eigenvalue weighted by Gasteiger charge is -2.24. The highest BCUT2D eigenvalue weighted by molar-refractivity contribution is 5.97. The molecule has 3 aliphatic rings. The number of hydrogen-bond donors (Lipinski definition) is 2. The molecule has 0 aliphatic carbocycles. The lowest BCUT2D eigenvalue weighted by atomic mass is 9.96. The summed E-state index contributed by atoms with van der Waals surface area (Å²) in [5.74, 6) is 0.830. The van der Waals surface area contributed by atoms with Crippen LogP contribution in [0.4, 0.5) is 4.79 Å². The van der Waals surface area contributed by atoms with E-state index in [1.54, 1.807) is 18.2 Å². The number of urea groups is 1. The molecule has 7 heteroatoms. The van der Waals surface area contributed by atoms with Gasteiger partial charge < -0.3 is 24.8 Å². The fourth-order valence-corrected chi connectivity index (χ4v) is 2.53. The average Bonchev–Trinajstić information content (AvgIpc) is 3.04. The Bertz CT molecular complexity index is 667. The van der Waals surface area contributed by atoms with Crippen LogP contribution >= 0.6 is 0 Å². The average molecular weight is 274 g/mol. The van der Waals surface area contributed by atoms with Gasteiger partial charge in [-0.2, -0.15) is 0 Å². The molecule has 0 saturated carbocycles. The zero-order chi connectivity index (χ0) is 13.7. The first-order valence-electron chi connectivity index (χ1n) is 6.09. The summed E-state index contributed by atoms with van der Waals surface area (Å²) in [7, 11) is 0. The van der Waals surface area contributed by atoms with Crippen LogP contribution in [0, 0.1) is 0 Å². The summed E-state index contributed by atoms with van der Waals surface area (Å²) < 4.78 is 15.5. The molecule has 1 aromatic carbocycles. The number of carbonyl (C=O) groups is 2. The summed E-state index contributed by atoms with van der Waals surface area (Å²) in [6, 6.07) is 4.41. The van der Waals surface area contributed by atoms with Crippen molar-refractivity contribution in [2.45, 2.75) is 6.04 Å². The van der Waals surface area contributed by atoms with Gasteiger partial charge in [0, 0.05) is 0 Å². The molecule has 0 fully saturated rings. The van der Waals surface area contributed by atoms with Crippen LogP contribution in [0.2, 0.25) is 0 Å². The molecule has 3 heterocycles. The van der Waals surface area contributed by atoms with Crippen molar-refractivity contribution in [2.75, 3.05) is 13.4 Å². The topological polar surface area (TPSA) is 85.9 Å². The van der Waals surface area contributed by atoms with Crippen LogP contribution in [-0.4, -0.2) is 25.4 Å². The molecule has 4 rings (SSSR count). The molecule has 102 valence electrons. The Morgan fingerprint density at radius 2 is 1.95 bits per heavy atom. The lowest BCUT2D eigenvalue weighted by molar-refractivity contribution is -0.136. The van der Waals surface area contributed by atoms with Crippen molar-refractivity contribution in [3.05, 3.63) is 35.0 Å². The smallest absolute Gasteiger partial charge is 0.338 e. The summed E-state index contributed by atoms with van der Waals surface area (Å²) in [6.07, 6.45) is 0. The number of benzene rings is 1. The van der Waals surface area contributed by atoms with E-state index in [2.05, 4.69) is 10.6 Å². The minimum absolute atomic E-state index is 0.0998. The van der Waals surface area contributed by atoms with Gasteiger partial charge in [0.25, 0.3) is 0 Å². The second-order valence-electron chi connectivity index (χ2n) is 4.61. The maximum atomic E-state index is 11.8. The Balaban J connectivity index is 1.78. The lowest BCUT2D eigenvalue weighted by Crippen LogP contribution is -2.44. The molecule has 2 amide bonds. The Hall–Kier alpha value is -2.70. The normalized spacial score (nSPS) is 23.1. The van der Waals surface area contributed by atoms with Gasteiger partial charge >= 0.3 is 12.0 Å². The van der Waals surface area contributed by atoms with E-state index in [0.717, 1.165) is 5.56 Å². The molecule has 1 unspecified atom stereocenters. The Morgan fingerprint density at radius 1 is 1.10 bits per heavy atom. The second kappa shape index (κ2) is 3.89. The van der Waals surface area contributed by atoms with Crippen LogP contribution in [0.15, 0.2) is 29.5 Å². The van der Waals surface area contributed by atoms with Crippen molar-refractivity contribution in [1.29, 1.82) is 0 Å². The molecular weight excluding hydrogens is 264 g/mol. The molecule has 0 saturated heterocycles. The predicted octanol–water partition coefficient (Wildman–Crippen LogP) is 0.580. The van der Waals surface area contributed by atoms with Gasteiger partial charge in [0.15, 0.2) is 11.5 Å². The van der Waals surface area contributed by atoms with Crippen LogP contribution < -0.4 is 20.1 Å².